The van der Waals surface area contributed by atoms with E-state index in [0.29, 0.717) is 19.3 Å². The summed E-state index contributed by atoms with van der Waals surface area (Å²) >= 11 is 0. The fraction of sp³-hybridized carbons (Fsp3) is 0.889. The molecule has 0 aliphatic heterocycles. The average molecular weight is 162 g/mol. The summed E-state index contributed by atoms with van der Waals surface area (Å²) in [6, 6.07) is 0. The summed E-state index contributed by atoms with van der Waals surface area (Å²) in [4.78, 5) is 10.8. The highest BCUT2D eigenvalue weighted by molar-refractivity contribution is 5.66. The van der Waals surface area contributed by atoms with Crippen LogP contribution in [0.5, 0.6) is 0 Å². The van der Waals surface area contributed by atoms with Crippen LogP contribution in [0.4, 0.5) is 0 Å². The Labute approximate surface area is 72.1 Å². The highest BCUT2D eigenvalue weighted by atomic mass is 16.5. The Morgan fingerprint density at radius 1 is 1.73 bits per heavy atom. The summed E-state index contributed by atoms with van der Waals surface area (Å²) in [6.45, 7) is 2.87. The largest absolute Gasteiger partial charge is 0.462 e. The molecule has 0 saturated heterocycles. The first-order valence-electron chi connectivity index (χ1n) is 5.43. The second-order valence-electron chi connectivity index (χ2n) is 2.89. The summed E-state index contributed by atoms with van der Waals surface area (Å²) < 4.78 is 28.2. The van der Waals surface area contributed by atoms with Crippen LogP contribution in [0, 0.1) is 5.89 Å². The van der Waals surface area contributed by atoms with E-state index >= 15 is 0 Å². The molecule has 2 atom stereocenters. The van der Waals surface area contributed by atoms with Crippen LogP contribution in [0.3, 0.4) is 0 Å². The van der Waals surface area contributed by atoms with Gasteiger partial charge in [0.25, 0.3) is 0 Å². The summed E-state index contributed by atoms with van der Waals surface area (Å²) in [7, 11) is 0. The van der Waals surface area contributed by atoms with Crippen molar-refractivity contribution in [2.45, 2.75) is 45.6 Å². The summed E-state index contributed by atoms with van der Waals surface area (Å²) in [5, 5.41) is 0. The second kappa shape index (κ2) is 3.74. The quantitative estimate of drug-likeness (QED) is 0.552. The van der Waals surface area contributed by atoms with E-state index in [0.717, 1.165) is 0 Å². The number of carbonyl (C=O) groups excluding carboxylic acids is 1. The van der Waals surface area contributed by atoms with Crippen LogP contribution >= 0.6 is 0 Å². The van der Waals surface area contributed by atoms with Gasteiger partial charge in [-0.2, -0.15) is 0 Å². The van der Waals surface area contributed by atoms with Crippen molar-refractivity contribution in [3.05, 3.63) is 0 Å². The molecule has 11 heavy (non-hydrogen) atoms. The third kappa shape index (κ3) is 2.52. The van der Waals surface area contributed by atoms with Gasteiger partial charge in [0, 0.05) is 11.0 Å². The van der Waals surface area contributed by atoms with E-state index in [1.54, 1.807) is 6.92 Å². The SMILES string of the molecule is [3H]C1([3H])CCC[C@@]([3H])(C)[C@@H]1OC(C)=O. The number of hydrogen-bond acceptors (Lipinski definition) is 2. The number of esters is 1. The predicted molar refractivity (Wildman–Crippen MR) is 43.2 cm³/mol. The van der Waals surface area contributed by atoms with Crippen LogP contribution in [0.1, 0.15) is 43.6 Å². The lowest BCUT2D eigenvalue weighted by Crippen LogP contribution is -2.27. The number of carbonyl (C=O) groups is 1. The van der Waals surface area contributed by atoms with Crippen LogP contribution < -0.4 is 0 Å². The molecule has 0 radical (unpaired) electrons. The van der Waals surface area contributed by atoms with E-state index in [-0.39, 0.29) is 0 Å². The first kappa shape index (κ1) is 5.18. The summed E-state index contributed by atoms with van der Waals surface area (Å²) in [5.41, 5.74) is 0. The molecule has 0 heterocycles. The molecule has 1 fully saturated rings. The Kier molecular flexibility index (Phi) is 1.76. The number of rotatable bonds is 1. The van der Waals surface area contributed by atoms with Crippen molar-refractivity contribution in [3.63, 3.8) is 0 Å². The minimum atomic E-state index is -1.57. The molecule has 0 bridgehead atoms. The highest BCUT2D eigenvalue weighted by Gasteiger charge is 2.23. The molecular weight excluding hydrogens is 140 g/mol. The van der Waals surface area contributed by atoms with Gasteiger partial charge in [-0.05, 0) is 25.1 Å². The second-order valence-corrected chi connectivity index (χ2v) is 2.89. The first-order valence-corrected chi connectivity index (χ1v) is 3.93. The topological polar surface area (TPSA) is 26.3 Å². The minimum absolute atomic E-state index is 0.361. The van der Waals surface area contributed by atoms with Gasteiger partial charge < -0.3 is 4.74 Å². The maximum absolute atomic E-state index is 10.8. The lowest BCUT2D eigenvalue weighted by Gasteiger charge is -2.27. The lowest BCUT2D eigenvalue weighted by molar-refractivity contribution is -0.150. The van der Waals surface area contributed by atoms with Crippen LogP contribution in [0.2, 0.25) is 0 Å². The smallest absolute Gasteiger partial charge is 0.302 e. The molecule has 1 saturated carbocycles. The number of hydrogen-bond donors (Lipinski definition) is 0. The maximum atomic E-state index is 10.8. The molecule has 2 nitrogen and oxygen atoms in total. The fourth-order valence-corrected chi connectivity index (χ4v) is 1.21. The zero-order valence-electron chi connectivity index (χ0n) is 10.0. The van der Waals surface area contributed by atoms with Gasteiger partial charge in [0.15, 0.2) is 0 Å². The molecule has 0 aromatic heterocycles. The Morgan fingerprint density at radius 3 is 3.00 bits per heavy atom. The molecule has 0 unspecified atom stereocenters. The molecule has 2 heteroatoms. The minimum Gasteiger partial charge on any atom is -0.462 e. The Balaban J connectivity index is 2.85. The van der Waals surface area contributed by atoms with Gasteiger partial charge >= 0.3 is 5.97 Å². The lowest BCUT2D eigenvalue weighted by atomic mass is 9.88. The van der Waals surface area contributed by atoms with Crippen molar-refractivity contribution < 1.29 is 13.6 Å². The van der Waals surface area contributed by atoms with Crippen molar-refractivity contribution in [3.8, 4) is 0 Å². The van der Waals surface area contributed by atoms with Crippen molar-refractivity contribution in [1.29, 1.82) is 0 Å². The van der Waals surface area contributed by atoms with Gasteiger partial charge in [-0.25, -0.2) is 0 Å². The van der Waals surface area contributed by atoms with E-state index < -0.39 is 24.3 Å². The molecule has 0 spiro atoms. The van der Waals surface area contributed by atoms with Gasteiger partial charge in [0.1, 0.15) is 6.10 Å². The predicted octanol–water partition coefficient (Wildman–Crippen LogP) is 2.13. The number of ether oxygens (including phenoxy) is 1. The van der Waals surface area contributed by atoms with Gasteiger partial charge in [-0.1, -0.05) is 13.3 Å². The molecule has 0 aromatic rings. The molecule has 64 valence electrons. The molecule has 0 amide bonds. The van der Waals surface area contributed by atoms with Crippen molar-refractivity contribution in [2.24, 2.45) is 5.89 Å². The van der Waals surface area contributed by atoms with Crippen LogP contribution in [-0.2, 0) is 9.53 Å². The van der Waals surface area contributed by atoms with E-state index in [9.17, 15) is 4.79 Å². The Bertz CT molecular complexity index is 222. The van der Waals surface area contributed by atoms with Crippen LogP contribution in [0.15, 0.2) is 0 Å². The summed E-state index contributed by atoms with van der Waals surface area (Å²) in [6.07, 6.45) is -0.907. The van der Waals surface area contributed by atoms with Gasteiger partial charge in [-0.15, -0.1) is 0 Å². The monoisotopic (exact) mass is 162 g/mol. The normalized spacial score (nSPS) is 46.7. The van der Waals surface area contributed by atoms with Gasteiger partial charge in [0.2, 0.25) is 0 Å². The van der Waals surface area contributed by atoms with Crippen molar-refractivity contribution >= 4 is 5.97 Å². The van der Waals surface area contributed by atoms with Crippen molar-refractivity contribution in [1.82, 2.24) is 0 Å². The van der Waals surface area contributed by atoms with E-state index in [2.05, 4.69) is 0 Å². The maximum Gasteiger partial charge on any atom is 0.302 e. The fourth-order valence-electron chi connectivity index (χ4n) is 1.21. The van der Waals surface area contributed by atoms with Gasteiger partial charge in [-0.3, -0.25) is 4.79 Å². The first-order chi connectivity index (χ1) is 6.26. The molecular formula is C9H16O2. The third-order valence-corrected chi connectivity index (χ3v) is 1.81. The standard InChI is InChI=1S/C9H16O2/c1-7-5-3-4-6-9(7)11-8(2)10/h7,9H,3-6H2,1-2H3/t7-,9-/m1/s1/i6T2,7T. The molecule has 1 aliphatic carbocycles. The van der Waals surface area contributed by atoms with E-state index in [1.165, 1.54) is 6.92 Å². The van der Waals surface area contributed by atoms with Crippen molar-refractivity contribution in [2.75, 3.05) is 0 Å². The Morgan fingerprint density at radius 2 is 2.45 bits per heavy atom. The molecule has 0 N–H and O–H groups in total. The third-order valence-electron chi connectivity index (χ3n) is 1.81. The van der Waals surface area contributed by atoms with Gasteiger partial charge in [0.05, 0.1) is 0 Å². The van der Waals surface area contributed by atoms with Crippen LogP contribution in [0.25, 0.3) is 0 Å². The molecule has 1 rings (SSSR count). The zero-order chi connectivity index (χ0) is 11.0. The van der Waals surface area contributed by atoms with Crippen LogP contribution in [-0.4, -0.2) is 12.1 Å². The van der Waals surface area contributed by atoms with E-state index in [4.69, 9.17) is 8.85 Å². The molecule has 1 aliphatic rings. The summed E-state index contributed by atoms with van der Waals surface area (Å²) in [5.74, 6) is -1.52. The highest BCUT2D eigenvalue weighted by Crippen LogP contribution is 2.26. The Hall–Kier alpha value is -0.530. The molecule has 0 aromatic carbocycles. The zero-order valence-corrected chi connectivity index (χ0v) is 7.02. The average Bonchev–Trinajstić information content (AvgIpc) is 1.96. The van der Waals surface area contributed by atoms with E-state index in [1.807, 2.05) is 0 Å².